The van der Waals surface area contributed by atoms with Crippen molar-refractivity contribution in [3.63, 3.8) is 0 Å². The molecule has 0 aliphatic carbocycles. The van der Waals surface area contributed by atoms with Crippen LogP contribution in [0.2, 0.25) is 0 Å². The average Bonchev–Trinajstić information content (AvgIpc) is 2.21. The van der Waals surface area contributed by atoms with Gasteiger partial charge in [-0.1, -0.05) is 24.3 Å². The topological polar surface area (TPSA) is 21.6 Å². The predicted molar refractivity (Wildman–Crippen MR) is 54.6 cm³/mol. The van der Waals surface area contributed by atoms with Crippen molar-refractivity contribution in [3.05, 3.63) is 48.2 Å². The first kappa shape index (κ1) is 9.73. The lowest BCUT2D eigenvalue weighted by Gasteiger charge is -2.02. The molecule has 0 heterocycles. The summed E-state index contributed by atoms with van der Waals surface area (Å²) in [5.41, 5.74) is 0.940. The van der Waals surface area contributed by atoms with Gasteiger partial charge >= 0.3 is 10.5 Å². The van der Waals surface area contributed by atoms with E-state index in [1.54, 1.807) is 6.20 Å². The molecule has 0 fully saturated rings. The molecule has 0 unspecified atom stereocenters. The monoisotopic (exact) mass is 188 g/mol. The Morgan fingerprint density at radius 3 is 2.62 bits per heavy atom. The number of rotatable bonds is 2. The minimum Gasteiger partial charge on any atom is -0.527 e. The van der Waals surface area contributed by atoms with Crippen LogP contribution in [0.4, 0.5) is 0 Å². The Balaban J connectivity index is 2.91. The highest BCUT2D eigenvalue weighted by molar-refractivity contribution is 6.11. The van der Waals surface area contributed by atoms with Gasteiger partial charge < -0.3 is 4.43 Å². The molecule has 0 aromatic heterocycles. The zero-order chi connectivity index (χ0) is 9.52. The molecule has 1 rings (SSSR count). The summed E-state index contributed by atoms with van der Waals surface area (Å²) < 4.78 is 4.94. The molecule has 3 heteroatoms. The second-order valence-electron chi connectivity index (χ2n) is 2.38. The molecule has 0 N–H and O–H groups in total. The molecule has 1 aromatic rings. The first-order chi connectivity index (χ1) is 6.38. The van der Waals surface area contributed by atoms with Crippen molar-refractivity contribution in [1.29, 1.82) is 0 Å². The zero-order valence-corrected chi connectivity index (χ0v) is 8.40. The quantitative estimate of drug-likeness (QED) is 0.395. The van der Waals surface area contributed by atoms with Crippen molar-refractivity contribution < 1.29 is 4.43 Å². The van der Waals surface area contributed by atoms with Crippen molar-refractivity contribution in [2.45, 2.75) is 6.92 Å². The van der Waals surface area contributed by atoms with E-state index in [1.165, 1.54) is 0 Å². The number of benzene rings is 1. The van der Waals surface area contributed by atoms with Crippen LogP contribution in [0.5, 0.6) is 0 Å². The lowest BCUT2D eigenvalue weighted by atomic mass is 10.2. The van der Waals surface area contributed by atoms with Crippen LogP contribution in [0, 0.1) is 0 Å². The van der Waals surface area contributed by atoms with Crippen molar-refractivity contribution in [2.75, 3.05) is 0 Å². The van der Waals surface area contributed by atoms with Gasteiger partial charge in [0, 0.05) is 11.8 Å². The number of hydrogen-bond donors (Lipinski definition) is 0. The highest BCUT2D eigenvalue weighted by atomic mass is 28.2. The van der Waals surface area contributed by atoms with Gasteiger partial charge in [-0.05, 0) is 19.1 Å². The Bertz CT molecular complexity index is 306. The molecule has 0 spiro atoms. The Kier molecular flexibility index (Phi) is 3.98. The molecule has 0 saturated heterocycles. The van der Waals surface area contributed by atoms with Crippen LogP contribution in [0.1, 0.15) is 12.5 Å². The second-order valence-corrected chi connectivity index (χ2v) is 2.59. The molecular weight excluding hydrogens is 178 g/mol. The Hall–Kier alpha value is -1.35. The van der Waals surface area contributed by atoms with Crippen LogP contribution in [0.3, 0.4) is 0 Å². The van der Waals surface area contributed by atoms with Crippen LogP contribution < -0.4 is 0 Å². The summed E-state index contributed by atoms with van der Waals surface area (Å²) in [6, 6.07) is 9.69. The molecule has 1 aromatic carbocycles. The smallest absolute Gasteiger partial charge is 0.343 e. The van der Waals surface area contributed by atoms with Crippen molar-refractivity contribution >= 4 is 16.4 Å². The van der Waals surface area contributed by atoms with E-state index in [-0.39, 0.29) is 0 Å². The van der Waals surface area contributed by atoms with Crippen LogP contribution in [0.15, 0.2) is 47.6 Å². The molecule has 2 nitrogen and oxygen atoms in total. The number of nitrogens with zero attached hydrogens (tertiary/aromatic N) is 1. The maximum Gasteiger partial charge on any atom is 0.343 e. The van der Waals surface area contributed by atoms with Crippen LogP contribution >= 0.6 is 0 Å². The molecule has 3 radical (unpaired) electrons. The lowest BCUT2D eigenvalue weighted by molar-refractivity contribution is 0.615. The van der Waals surface area contributed by atoms with Gasteiger partial charge in [-0.15, -0.1) is 0 Å². The van der Waals surface area contributed by atoms with E-state index in [2.05, 4.69) is 15.5 Å². The fourth-order valence-corrected chi connectivity index (χ4v) is 1.05. The van der Waals surface area contributed by atoms with Crippen molar-refractivity contribution in [1.82, 2.24) is 0 Å². The van der Waals surface area contributed by atoms with Crippen molar-refractivity contribution in [3.8, 4) is 0 Å². The molecule has 0 saturated carbocycles. The highest BCUT2D eigenvalue weighted by Crippen LogP contribution is 2.01. The minimum atomic E-state index is 0.551. The number of allylic oxidation sites excluding steroid dienone is 1. The molecule has 0 aliphatic rings. The van der Waals surface area contributed by atoms with E-state index >= 15 is 0 Å². The third kappa shape index (κ3) is 2.87. The van der Waals surface area contributed by atoms with Gasteiger partial charge in [-0.25, -0.2) is 4.99 Å². The largest absolute Gasteiger partial charge is 0.527 e. The van der Waals surface area contributed by atoms with Crippen LogP contribution in [-0.4, -0.2) is 16.4 Å². The van der Waals surface area contributed by atoms with Gasteiger partial charge in [-0.3, -0.25) is 0 Å². The SMILES string of the molecule is C/C=C\N=C(O[Si])c1ccccc1. The molecule has 0 aliphatic heterocycles. The van der Waals surface area contributed by atoms with Crippen LogP contribution in [0.25, 0.3) is 0 Å². The van der Waals surface area contributed by atoms with Gasteiger partial charge in [0.2, 0.25) is 5.90 Å². The first-order valence-electron chi connectivity index (χ1n) is 3.96. The summed E-state index contributed by atoms with van der Waals surface area (Å²) in [6.07, 6.45) is 3.52. The normalized spacial score (nSPS) is 12.0. The second kappa shape index (κ2) is 5.32. The molecular formula is C10H10NOSi. The third-order valence-electron chi connectivity index (χ3n) is 1.46. The summed E-state index contributed by atoms with van der Waals surface area (Å²) >= 11 is 0. The van der Waals surface area contributed by atoms with E-state index in [0.717, 1.165) is 5.56 Å². The van der Waals surface area contributed by atoms with Crippen molar-refractivity contribution in [2.24, 2.45) is 4.99 Å². The summed E-state index contributed by atoms with van der Waals surface area (Å²) in [5.74, 6) is 0.551. The molecule has 0 bridgehead atoms. The standard InChI is InChI=1S/C10H10NOSi/c1-2-8-11-10(12-13)9-6-4-3-5-7-9/h2-8H,1H3/b8-2-,11-10?. The number of hydrogen-bond acceptors (Lipinski definition) is 2. The lowest BCUT2D eigenvalue weighted by Crippen LogP contribution is -2.03. The molecule has 0 atom stereocenters. The maximum absolute atomic E-state index is 4.94. The number of aliphatic imine (C=N–C) groups is 1. The van der Waals surface area contributed by atoms with E-state index in [0.29, 0.717) is 5.90 Å². The summed E-state index contributed by atoms with van der Waals surface area (Å²) in [7, 11) is 2.97. The Labute approximate surface area is 81.5 Å². The zero-order valence-electron chi connectivity index (χ0n) is 7.40. The molecule has 13 heavy (non-hydrogen) atoms. The fraction of sp³-hybridized carbons (Fsp3) is 0.100. The van der Waals surface area contributed by atoms with E-state index < -0.39 is 0 Å². The molecule has 0 amide bonds. The summed E-state index contributed by atoms with van der Waals surface area (Å²) in [4.78, 5) is 4.10. The van der Waals surface area contributed by atoms with Gasteiger partial charge in [0.25, 0.3) is 0 Å². The summed E-state index contributed by atoms with van der Waals surface area (Å²) in [5, 5.41) is 0. The van der Waals surface area contributed by atoms with E-state index in [4.69, 9.17) is 4.43 Å². The van der Waals surface area contributed by atoms with Gasteiger partial charge in [0.1, 0.15) is 0 Å². The highest BCUT2D eigenvalue weighted by Gasteiger charge is 1.98. The molecule has 65 valence electrons. The summed E-state index contributed by atoms with van der Waals surface area (Å²) in [6.45, 7) is 1.90. The maximum atomic E-state index is 4.94. The Morgan fingerprint density at radius 2 is 2.08 bits per heavy atom. The van der Waals surface area contributed by atoms with Crippen LogP contribution in [-0.2, 0) is 4.43 Å². The van der Waals surface area contributed by atoms with E-state index in [1.807, 2.05) is 43.3 Å². The van der Waals surface area contributed by atoms with Gasteiger partial charge in [0.05, 0.1) is 0 Å². The fourth-order valence-electron chi connectivity index (χ4n) is 0.883. The average molecular weight is 188 g/mol. The predicted octanol–water partition coefficient (Wildman–Crippen LogP) is 2.07. The third-order valence-corrected chi connectivity index (χ3v) is 1.65. The van der Waals surface area contributed by atoms with Gasteiger partial charge in [0.15, 0.2) is 0 Å². The first-order valence-corrected chi connectivity index (χ1v) is 4.37. The Morgan fingerprint density at radius 1 is 1.38 bits per heavy atom. The van der Waals surface area contributed by atoms with Gasteiger partial charge in [-0.2, -0.15) is 0 Å². The minimum absolute atomic E-state index is 0.551. The van der Waals surface area contributed by atoms with E-state index in [9.17, 15) is 0 Å².